The van der Waals surface area contributed by atoms with Gasteiger partial charge in [0.1, 0.15) is 5.76 Å². The van der Waals surface area contributed by atoms with Gasteiger partial charge in [-0.1, -0.05) is 53.2 Å². The fraction of sp³-hybridized carbons (Fsp3) is 0.207. The molecule has 194 valence electrons. The molecule has 1 atom stereocenters. The molecule has 2 amide bonds. The van der Waals surface area contributed by atoms with Crippen molar-refractivity contribution in [2.24, 2.45) is 4.99 Å². The fourth-order valence-corrected chi connectivity index (χ4v) is 5.68. The van der Waals surface area contributed by atoms with E-state index in [0.29, 0.717) is 28.6 Å². The van der Waals surface area contributed by atoms with Crippen molar-refractivity contribution >= 4 is 46.0 Å². The highest BCUT2D eigenvalue weighted by Gasteiger charge is 2.40. The Balaban J connectivity index is 1.45. The van der Waals surface area contributed by atoms with E-state index in [0.717, 1.165) is 33.2 Å². The molecule has 0 unspecified atom stereocenters. The number of benzene rings is 2. The largest absolute Gasteiger partial charge is 0.467 e. The van der Waals surface area contributed by atoms with Gasteiger partial charge < -0.3 is 20.0 Å². The summed E-state index contributed by atoms with van der Waals surface area (Å²) in [5.41, 5.74) is 5.62. The molecular formula is C29H27ClN4O3S. The summed E-state index contributed by atoms with van der Waals surface area (Å²) in [6.07, 6.45) is 1.70. The van der Waals surface area contributed by atoms with Crippen LogP contribution in [-0.2, 0) is 16.1 Å². The van der Waals surface area contributed by atoms with Crippen molar-refractivity contribution in [2.45, 2.75) is 39.8 Å². The van der Waals surface area contributed by atoms with E-state index >= 15 is 0 Å². The zero-order valence-electron chi connectivity index (χ0n) is 21.2. The number of aliphatic imine (C=N–C) groups is 1. The van der Waals surface area contributed by atoms with Crippen LogP contribution in [0, 0.1) is 13.8 Å². The standard InChI is InChI=1S/C29H27ClN4O3S/c1-17-6-11-24(18(2)13-17)33-28(36)26-19(3)32-29-34(27(26)20-7-9-21(30)10-8-20)22(16-38-29)14-25(35)31-15-23-5-4-12-37-23/h4-13,16,27H,14-15H2,1-3H3,(H,31,35)(H,33,36)/t27-/m0/s1. The number of amidine groups is 1. The van der Waals surface area contributed by atoms with Crippen LogP contribution in [0.1, 0.15) is 41.8 Å². The van der Waals surface area contributed by atoms with Crippen LogP contribution in [0.25, 0.3) is 0 Å². The Bertz CT molecular complexity index is 1480. The molecule has 1 aromatic heterocycles. The van der Waals surface area contributed by atoms with Gasteiger partial charge in [0.15, 0.2) is 5.17 Å². The highest BCUT2D eigenvalue weighted by molar-refractivity contribution is 8.16. The number of nitrogens with zero attached hydrogens (tertiary/aromatic N) is 2. The maximum Gasteiger partial charge on any atom is 0.255 e. The monoisotopic (exact) mass is 546 g/mol. The van der Waals surface area contributed by atoms with Crippen LogP contribution in [0.4, 0.5) is 5.69 Å². The van der Waals surface area contributed by atoms with Crippen molar-refractivity contribution in [3.8, 4) is 0 Å². The van der Waals surface area contributed by atoms with Crippen molar-refractivity contribution in [1.82, 2.24) is 10.2 Å². The van der Waals surface area contributed by atoms with Gasteiger partial charge in [-0.15, -0.1) is 0 Å². The second-order valence-electron chi connectivity index (χ2n) is 9.25. The number of fused-ring (bicyclic) bond motifs is 1. The average molecular weight is 547 g/mol. The third-order valence-electron chi connectivity index (χ3n) is 6.44. The molecule has 9 heteroatoms. The van der Waals surface area contributed by atoms with E-state index < -0.39 is 6.04 Å². The van der Waals surface area contributed by atoms with Crippen molar-refractivity contribution in [3.63, 3.8) is 0 Å². The van der Waals surface area contributed by atoms with Gasteiger partial charge in [-0.2, -0.15) is 0 Å². The number of hydrogen-bond acceptors (Lipinski definition) is 6. The van der Waals surface area contributed by atoms with Gasteiger partial charge in [-0.05, 0) is 67.6 Å². The minimum Gasteiger partial charge on any atom is -0.467 e. The van der Waals surface area contributed by atoms with Crippen LogP contribution in [-0.4, -0.2) is 21.9 Å². The molecule has 5 rings (SSSR count). The lowest BCUT2D eigenvalue weighted by molar-refractivity contribution is -0.120. The number of thioether (sulfide) groups is 1. The van der Waals surface area contributed by atoms with Crippen LogP contribution in [0.2, 0.25) is 5.02 Å². The molecule has 2 aliphatic rings. The van der Waals surface area contributed by atoms with E-state index in [-0.39, 0.29) is 18.2 Å². The van der Waals surface area contributed by atoms with Crippen LogP contribution in [0.15, 0.2) is 92.6 Å². The summed E-state index contributed by atoms with van der Waals surface area (Å²) in [5.74, 6) is 0.281. The summed E-state index contributed by atoms with van der Waals surface area (Å²) in [4.78, 5) is 33.4. The molecule has 0 saturated carbocycles. The number of hydrogen-bond donors (Lipinski definition) is 2. The molecular weight excluding hydrogens is 520 g/mol. The van der Waals surface area contributed by atoms with Gasteiger partial charge in [-0.3, -0.25) is 9.59 Å². The van der Waals surface area contributed by atoms with E-state index in [4.69, 9.17) is 21.0 Å². The van der Waals surface area contributed by atoms with Gasteiger partial charge in [0.05, 0.1) is 36.5 Å². The third-order valence-corrected chi connectivity index (χ3v) is 7.58. The van der Waals surface area contributed by atoms with Crippen LogP contribution in [0.3, 0.4) is 0 Å². The molecule has 3 heterocycles. The Morgan fingerprint density at radius 3 is 2.61 bits per heavy atom. The Kier molecular flexibility index (Phi) is 7.44. The van der Waals surface area contributed by atoms with Crippen LogP contribution >= 0.6 is 23.4 Å². The minimum absolute atomic E-state index is 0.127. The van der Waals surface area contributed by atoms with E-state index in [2.05, 4.69) is 10.6 Å². The molecule has 0 radical (unpaired) electrons. The number of carbonyl (C=O) groups excluding carboxylic acids is 2. The van der Waals surface area contributed by atoms with Crippen molar-refractivity contribution in [2.75, 3.05) is 5.32 Å². The van der Waals surface area contributed by atoms with Crippen molar-refractivity contribution in [1.29, 1.82) is 0 Å². The lowest BCUT2D eigenvalue weighted by atomic mass is 9.93. The minimum atomic E-state index is -0.482. The quantitative estimate of drug-likeness (QED) is 0.354. The topological polar surface area (TPSA) is 86.9 Å². The molecule has 2 aromatic carbocycles. The number of nitrogens with one attached hydrogen (secondary N) is 2. The highest BCUT2D eigenvalue weighted by atomic mass is 35.5. The predicted octanol–water partition coefficient (Wildman–Crippen LogP) is 6.47. The molecule has 2 aliphatic heterocycles. The second kappa shape index (κ2) is 10.9. The molecule has 0 spiro atoms. The molecule has 7 nitrogen and oxygen atoms in total. The predicted molar refractivity (Wildman–Crippen MR) is 152 cm³/mol. The summed E-state index contributed by atoms with van der Waals surface area (Å²) in [6.45, 7) is 6.13. The SMILES string of the molecule is CC1=C(C(=O)Nc2ccc(C)cc2C)[C@H](c2ccc(Cl)cc2)N2C(CC(=O)NCc3ccco3)=CSC2=N1. The maximum absolute atomic E-state index is 13.8. The van der Waals surface area contributed by atoms with Gasteiger partial charge in [-0.25, -0.2) is 4.99 Å². The Hall–Kier alpha value is -3.75. The first-order valence-electron chi connectivity index (χ1n) is 12.2. The van der Waals surface area contributed by atoms with Gasteiger partial charge >= 0.3 is 0 Å². The highest BCUT2D eigenvalue weighted by Crippen LogP contribution is 2.45. The normalized spacial score (nSPS) is 16.6. The number of anilines is 1. The van der Waals surface area contributed by atoms with Gasteiger partial charge in [0.2, 0.25) is 5.91 Å². The molecule has 0 bridgehead atoms. The number of furan rings is 1. The van der Waals surface area contributed by atoms with Crippen molar-refractivity contribution < 1.29 is 14.0 Å². The lowest BCUT2D eigenvalue weighted by Gasteiger charge is -2.36. The van der Waals surface area contributed by atoms with Crippen molar-refractivity contribution in [3.05, 3.63) is 111 Å². The lowest BCUT2D eigenvalue weighted by Crippen LogP contribution is -2.38. The van der Waals surface area contributed by atoms with E-state index in [1.807, 2.05) is 67.5 Å². The number of aryl methyl sites for hydroxylation is 2. The third kappa shape index (κ3) is 5.42. The summed E-state index contributed by atoms with van der Waals surface area (Å²) < 4.78 is 5.32. The first kappa shape index (κ1) is 25.9. The van der Waals surface area contributed by atoms with E-state index in [1.54, 1.807) is 24.5 Å². The second-order valence-corrected chi connectivity index (χ2v) is 10.5. The fourth-order valence-electron chi connectivity index (χ4n) is 4.59. The van der Waals surface area contributed by atoms with E-state index in [9.17, 15) is 9.59 Å². The molecule has 2 N–H and O–H groups in total. The molecule has 0 fully saturated rings. The Morgan fingerprint density at radius 2 is 1.89 bits per heavy atom. The first-order chi connectivity index (χ1) is 18.3. The zero-order valence-corrected chi connectivity index (χ0v) is 22.8. The number of halogens is 1. The summed E-state index contributed by atoms with van der Waals surface area (Å²) in [7, 11) is 0. The number of amides is 2. The Morgan fingerprint density at radius 1 is 1.11 bits per heavy atom. The van der Waals surface area contributed by atoms with Crippen LogP contribution < -0.4 is 10.6 Å². The first-order valence-corrected chi connectivity index (χ1v) is 13.4. The molecule has 38 heavy (non-hydrogen) atoms. The average Bonchev–Trinajstić information content (AvgIpc) is 3.54. The maximum atomic E-state index is 13.8. The zero-order chi connectivity index (χ0) is 26.8. The van der Waals surface area contributed by atoms with Gasteiger partial charge in [0.25, 0.3) is 5.91 Å². The smallest absolute Gasteiger partial charge is 0.255 e. The van der Waals surface area contributed by atoms with Gasteiger partial charge in [0, 0.05) is 16.4 Å². The van der Waals surface area contributed by atoms with E-state index in [1.165, 1.54) is 11.8 Å². The molecule has 0 aliphatic carbocycles. The van der Waals surface area contributed by atoms with Crippen LogP contribution in [0.5, 0.6) is 0 Å². The number of carbonyl (C=O) groups is 2. The number of rotatable bonds is 7. The summed E-state index contributed by atoms with van der Waals surface area (Å²) >= 11 is 7.64. The summed E-state index contributed by atoms with van der Waals surface area (Å²) in [5, 5.41) is 9.23. The summed E-state index contributed by atoms with van der Waals surface area (Å²) in [6, 6.07) is 16.4. The molecule has 0 saturated heterocycles. The Labute approximate surface area is 230 Å². The number of allylic oxidation sites excluding steroid dienone is 1. The molecule has 3 aromatic rings.